The Morgan fingerprint density at radius 2 is 1.23 bits per heavy atom. The van der Waals surface area contributed by atoms with Gasteiger partial charge in [0.15, 0.2) is 12.2 Å². The molecule has 44 heavy (non-hydrogen) atoms. The third-order valence-electron chi connectivity index (χ3n) is 8.26. The number of carboxylic acid groups (broad SMARTS) is 1. The van der Waals surface area contributed by atoms with Crippen LogP contribution in [0.4, 0.5) is 0 Å². The second-order valence-electron chi connectivity index (χ2n) is 12.2. The van der Waals surface area contributed by atoms with Gasteiger partial charge in [-0.2, -0.15) is 0 Å². The summed E-state index contributed by atoms with van der Waals surface area (Å²) in [5, 5.41) is 50.7. The highest BCUT2D eigenvalue weighted by Gasteiger charge is 2.68. The van der Waals surface area contributed by atoms with Crippen LogP contribution in [0.2, 0.25) is 0 Å². The van der Waals surface area contributed by atoms with E-state index in [-0.39, 0.29) is 6.61 Å². The smallest absolute Gasteiger partial charge is 0.390 e. The summed E-state index contributed by atoms with van der Waals surface area (Å²) in [5.74, 6) is -2.90. The molecule has 1 fully saturated rings. The van der Waals surface area contributed by atoms with Crippen LogP contribution in [0.3, 0.4) is 0 Å². The number of nitrogens with two attached hydrogens (primary N) is 1. The standard InChI is InChI=1S/C30H58NO12P/c1-3-4-5-6-7-8-9-10-11-12-13-14-15-16-17-18-19-20-21-41-23(28(35)36)22-42-44(39,40)30(38)25(33)24(32)29(2,37)26(43-30)27(31)34/h23-26,32-33,37-38H,3-22H2,1-2H3,(H2,31,34)(H,35,36)(H,39,40)/t23-,24-,25-,26-,29+,30-/m1/s1. The lowest BCUT2D eigenvalue weighted by Crippen LogP contribution is -2.71. The summed E-state index contributed by atoms with van der Waals surface area (Å²) in [6, 6.07) is 0. The molecule has 8 N–H and O–H groups in total. The van der Waals surface area contributed by atoms with Crippen LogP contribution in [0.5, 0.6) is 0 Å². The van der Waals surface area contributed by atoms with Crippen molar-refractivity contribution in [1.82, 2.24) is 0 Å². The maximum atomic E-state index is 12.8. The van der Waals surface area contributed by atoms with Crippen LogP contribution >= 0.6 is 7.60 Å². The highest BCUT2D eigenvalue weighted by molar-refractivity contribution is 7.54. The summed E-state index contributed by atoms with van der Waals surface area (Å²) >= 11 is 0. The number of amides is 1. The molecule has 0 saturated carbocycles. The van der Waals surface area contributed by atoms with Gasteiger partial charge in [-0.05, 0) is 13.3 Å². The topological polar surface area (TPSA) is 226 Å². The number of aliphatic carboxylic acids is 1. The van der Waals surface area contributed by atoms with Crippen molar-refractivity contribution in [3.63, 3.8) is 0 Å². The third kappa shape index (κ3) is 13.3. The summed E-state index contributed by atoms with van der Waals surface area (Å²) in [6.45, 7) is 2.14. The van der Waals surface area contributed by atoms with Crippen molar-refractivity contribution in [3.05, 3.63) is 0 Å². The van der Waals surface area contributed by atoms with E-state index < -0.39 is 61.6 Å². The van der Waals surface area contributed by atoms with Gasteiger partial charge in [0.1, 0.15) is 17.8 Å². The minimum atomic E-state index is -5.52. The summed E-state index contributed by atoms with van der Waals surface area (Å²) in [4.78, 5) is 33.6. The minimum Gasteiger partial charge on any atom is -0.479 e. The SMILES string of the molecule is CCCCCCCCCCCCCCCCCCCCO[C@H](COP(=O)(O)[C@]1(O)O[C@H](C(N)=O)[C@@](C)(O)[C@H](O)[C@H]1O)C(=O)O. The molecule has 0 radical (unpaired) electrons. The highest BCUT2D eigenvalue weighted by atomic mass is 31.2. The van der Waals surface area contributed by atoms with E-state index in [9.17, 15) is 44.6 Å². The van der Waals surface area contributed by atoms with Crippen molar-refractivity contribution in [2.24, 2.45) is 5.73 Å². The fraction of sp³-hybridized carbons (Fsp3) is 0.933. The Morgan fingerprint density at radius 3 is 1.61 bits per heavy atom. The second kappa shape index (κ2) is 20.9. The fourth-order valence-electron chi connectivity index (χ4n) is 5.30. The first-order chi connectivity index (χ1) is 20.7. The van der Waals surface area contributed by atoms with Gasteiger partial charge in [-0.3, -0.25) is 9.36 Å². The first kappa shape index (κ1) is 40.9. The quantitative estimate of drug-likeness (QED) is 0.0523. The van der Waals surface area contributed by atoms with Crippen molar-refractivity contribution in [2.45, 2.75) is 165 Å². The van der Waals surface area contributed by atoms with Crippen LogP contribution in [-0.4, -0.2) is 91.1 Å². The monoisotopic (exact) mass is 655 g/mol. The van der Waals surface area contributed by atoms with Crippen LogP contribution in [0.1, 0.15) is 129 Å². The van der Waals surface area contributed by atoms with Crippen LogP contribution in [-0.2, 0) is 28.2 Å². The number of aliphatic hydroxyl groups is 4. The van der Waals surface area contributed by atoms with Crippen molar-refractivity contribution in [2.75, 3.05) is 13.2 Å². The van der Waals surface area contributed by atoms with Gasteiger partial charge in [0.05, 0.1) is 6.61 Å². The van der Waals surface area contributed by atoms with E-state index in [0.717, 1.165) is 32.6 Å². The highest BCUT2D eigenvalue weighted by Crippen LogP contribution is 2.59. The number of carbonyl (C=O) groups excluding carboxylic acids is 1. The molecule has 14 heteroatoms. The molecule has 0 aliphatic carbocycles. The number of unbranched alkanes of at least 4 members (excludes halogenated alkanes) is 17. The maximum Gasteiger partial charge on any atom is 0.390 e. The first-order valence-electron chi connectivity index (χ1n) is 16.3. The Bertz CT molecular complexity index is 875. The molecule has 1 amide bonds. The lowest BCUT2D eigenvalue weighted by Gasteiger charge is -2.49. The van der Waals surface area contributed by atoms with Crippen LogP contribution in [0, 0.1) is 0 Å². The summed E-state index contributed by atoms with van der Waals surface area (Å²) in [7, 11) is -5.52. The van der Waals surface area contributed by atoms with Crippen molar-refractivity contribution in [3.8, 4) is 0 Å². The molecule has 1 rings (SSSR count). The molecule has 1 aliphatic rings. The molecular formula is C30H58NO12P. The summed E-state index contributed by atoms with van der Waals surface area (Å²) in [5.41, 5.74) is -1.01. The van der Waals surface area contributed by atoms with E-state index >= 15 is 0 Å². The number of hydrogen-bond donors (Lipinski definition) is 7. The minimum absolute atomic E-state index is 0.0452. The molecule has 1 heterocycles. The Kier molecular flexibility index (Phi) is 19.4. The Hall–Kier alpha value is -1.15. The normalized spacial score (nSPS) is 27.6. The Balaban J connectivity index is 2.24. The average molecular weight is 656 g/mol. The number of carboxylic acids is 1. The van der Waals surface area contributed by atoms with Crippen molar-refractivity contribution in [1.29, 1.82) is 0 Å². The number of ether oxygens (including phenoxy) is 2. The molecule has 0 aromatic carbocycles. The van der Waals surface area contributed by atoms with Crippen LogP contribution in [0.15, 0.2) is 0 Å². The zero-order valence-corrected chi connectivity index (χ0v) is 27.5. The summed E-state index contributed by atoms with van der Waals surface area (Å²) in [6.07, 6.45) is 12.9. The first-order valence-corrected chi connectivity index (χ1v) is 17.9. The largest absolute Gasteiger partial charge is 0.479 e. The zero-order chi connectivity index (χ0) is 33.2. The lowest BCUT2D eigenvalue weighted by atomic mass is 9.85. The maximum absolute atomic E-state index is 12.8. The zero-order valence-electron chi connectivity index (χ0n) is 26.6. The molecule has 0 bridgehead atoms. The van der Waals surface area contributed by atoms with E-state index in [1.807, 2.05) is 0 Å². The van der Waals surface area contributed by atoms with Crippen LogP contribution in [0.25, 0.3) is 0 Å². The van der Waals surface area contributed by atoms with Crippen molar-refractivity contribution < 1.29 is 58.6 Å². The average Bonchev–Trinajstić information content (AvgIpc) is 2.96. The molecule has 1 unspecified atom stereocenters. The molecule has 0 spiro atoms. The summed E-state index contributed by atoms with van der Waals surface area (Å²) < 4.78 is 27.6. The molecule has 260 valence electrons. The van der Waals surface area contributed by atoms with Crippen molar-refractivity contribution >= 4 is 19.5 Å². The molecule has 1 aliphatic heterocycles. The molecule has 7 atom stereocenters. The van der Waals surface area contributed by atoms with Gasteiger partial charge in [0, 0.05) is 6.61 Å². The molecule has 1 saturated heterocycles. The number of aliphatic hydroxyl groups excluding tert-OH is 2. The van der Waals surface area contributed by atoms with E-state index in [1.165, 1.54) is 83.5 Å². The van der Waals surface area contributed by atoms with Gasteiger partial charge in [-0.15, -0.1) is 0 Å². The van der Waals surface area contributed by atoms with Gasteiger partial charge in [0.2, 0.25) is 5.91 Å². The molecule has 13 nitrogen and oxygen atoms in total. The Labute approximate surface area is 262 Å². The lowest BCUT2D eigenvalue weighted by molar-refractivity contribution is -0.329. The molecule has 0 aromatic heterocycles. The fourth-order valence-corrected chi connectivity index (χ4v) is 6.54. The molecule has 0 aromatic rings. The van der Waals surface area contributed by atoms with Gasteiger partial charge in [-0.25, -0.2) is 4.79 Å². The van der Waals surface area contributed by atoms with Crippen LogP contribution < -0.4 is 5.73 Å². The van der Waals surface area contributed by atoms with Gasteiger partial charge in [-0.1, -0.05) is 116 Å². The van der Waals surface area contributed by atoms with Gasteiger partial charge >= 0.3 is 19.1 Å². The number of carbonyl (C=O) groups is 2. The van der Waals surface area contributed by atoms with E-state index in [1.54, 1.807) is 0 Å². The number of primary amides is 1. The Morgan fingerprint density at radius 1 is 0.818 bits per heavy atom. The third-order valence-corrected chi connectivity index (χ3v) is 9.94. The van der Waals surface area contributed by atoms with Gasteiger partial charge < -0.3 is 50.2 Å². The number of rotatable bonds is 26. The van der Waals surface area contributed by atoms with E-state index in [4.69, 9.17) is 19.7 Å². The predicted octanol–water partition coefficient (Wildman–Crippen LogP) is 3.70. The van der Waals surface area contributed by atoms with E-state index in [0.29, 0.717) is 6.42 Å². The van der Waals surface area contributed by atoms with E-state index in [2.05, 4.69) is 6.92 Å². The number of hydrogen-bond acceptors (Lipinski definition) is 10. The second-order valence-corrected chi connectivity index (χ2v) is 14.1. The molecular weight excluding hydrogens is 597 g/mol. The predicted molar refractivity (Wildman–Crippen MR) is 164 cm³/mol. The van der Waals surface area contributed by atoms with Gasteiger partial charge in [0.25, 0.3) is 0 Å².